The predicted octanol–water partition coefficient (Wildman–Crippen LogP) is 4.88. The van der Waals surface area contributed by atoms with Crippen LogP contribution in [0.15, 0.2) is 42.5 Å². The summed E-state index contributed by atoms with van der Waals surface area (Å²) in [4.78, 5) is 12.0. The van der Waals surface area contributed by atoms with Gasteiger partial charge in [-0.3, -0.25) is 0 Å². The second-order valence-electron chi connectivity index (χ2n) is 6.16. The van der Waals surface area contributed by atoms with Crippen LogP contribution in [0.1, 0.15) is 47.3 Å². The molecule has 1 aliphatic rings. The number of benzene rings is 2. The minimum Gasteiger partial charge on any atom is -0.462 e. The number of rotatable bonds is 4. The fourth-order valence-corrected chi connectivity index (χ4v) is 3.65. The normalized spacial score (nSPS) is 15.7. The zero-order chi connectivity index (χ0) is 18.5. The third kappa shape index (κ3) is 4.34. The molecular weight excluding hydrogens is 368 g/mol. The van der Waals surface area contributed by atoms with Gasteiger partial charge in [0.25, 0.3) is 0 Å². The molecule has 0 bridgehead atoms. The topological polar surface area (TPSA) is 50.4 Å². The number of fused-ring (bicyclic) bond motifs is 1. The Balaban J connectivity index is 1.69. The highest BCUT2D eigenvalue weighted by molar-refractivity contribution is 7.80. The van der Waals surface area contributed by atoms with Crippen molar-refractivity contribution in [1.82, 2.24) is 5.32 Å². The fourth-order valence-electron chi connectivity index (χ4n) is 3.20. The summed E-state index contributed by atoms with van der Waals surface area (Å²) in [6.07, 6.45) is 3.27. The Morgan fingerprint density at radius 2 is 2.12 bits per heavy atom. The van der Waals surface area contributed by atoms with E-state index in [1.165, 1.54) is 11.1 Å². The molecule has 26 heavy (non-hydrogen) atoms. The SMILES string of the molecule is CCOC(=O)c1cc(NC(=S)N[C@H]2CCCc3ccccc32)ccc1Cl. The van der Waals surface area contributed by atoms with E-state index in [0.717, 1.165) is 19.3 Å². The van der Waals surface area contributed by atoms with Gasteiger partial charge < -0.3 is 15.4 Å². The number of esters is 1. The van der Waals surface area contributed by atoms with Crippen molar-refractivity contribution in [2.45, 2.75) is 32.2 Å². The summed E-state index contributed by atoms with van der Waals surface area (Å²) >= 11 is 11.6. The van der Waals surface area contributed by atoms with E-state index in [2.05, 4.69) is 34.9 Å². The first kappa shape index (κ1) is 18.7. The van der Waals surface area contributed by atoms with Crippen LogP contribution in [-0.4, -0.2) is 17.7 Å². The Hall–Kier alpha value is -2.11. The molecular formula is C20H21ClN2O2S. The first-order chi connectivity index (χ1) is 12.6. The van der Waals surface area contributed by atoms with E-state index in [1.807, 2.05) is 0 Å². The molecule has 6 heteroatoms. The summed E-state index contributed by atoms with van der Waals surface area (Å²) in [6, 6.07) is 13.7. The molecule has 0 fully saturated rings. The Bertz CT molecular complexity index is 825. The summed E-state index contributed by atoms with van der Waals surface area (Å²) < 4.78 is 5.03. The summed E-state index contributed by atoms with van der Waals surface area (Å²) in [5.74, 6) is -0.443. The van der Waals surface area contributed by atoms with E-state index in [9.17, 15) is 4.79 Å². The largest absolute Gasteiger partial charge is 0.462 e. The second kappa shape index (κ2) is 8.52. The molecule has 2 N–H and O–H groups in total. The summed E-state index contributed by atoms with van der Waals surface area (Å²) in [5.41, 5.74) is 3.68. The summed E-state index contributed by atoms with van der Waals surface area (Å²) in [5, 5.41) is 7.39. The maximum atomic E-state index is 12.0. The number of ether oxygens (including phenoxy) is 1. The third-order valence-corrected chi connectivity index (χ3v) is 4.94. The van der Waals surface area contributed by atoms with Crippen molar-refractivity contribution < 1.29 is 9.53 Å². The maximum absolute atomic E-state index is 12.0. The molecule has 4 nitrogen and oxygen atoms in total. The number of hydrogen-bond acceptors (Lipinski definition) is 3. The second-order valence-corrected chi connectivity index (χ2v) is 6.97. The van der Waals surface area contributed by atoms with Gasteiger partial charge in [0.2, 0.25) is 0 Å². The molecule has 3 rings (SSSR count). The average Bonchev–Trinajstić information content (AvgIpc) is 2.64. The highest BCUT2D eigenvalue weighted by Crippen LogP contribution is 2.29. The first-order valence-electron chi connectivity index (χ1n) is 8.70. The van der Waals surface area contributed by atoms with Crippen LogP contribution in [-0.2, 0) is 11.2 Å². The van der Waals surface area contributed by atoms with E-state index in [-0.39, 0.29) is 6.04 Å². The predicted molar refractivity (Wildman–Crippen MR) is 109 cm³/mol. The van der Waals surface area contributed by atoms with Gasteiger partial charge in [0, 0.05) is 5.69 Å². The highest BCUT2D eigenvalue weighted by atomic mass is 35.5. The molecule has 1 aliphatic carbocycles. The lowest BCUT2D eigenvalue weighted by atomic mass is 9.88. The van der Waals surface area contributed by atoms with Crippen LogP contribution in [0.5, 0.6) is 0 Å². The lowest BCUT2D eigenvalue weighted by Crippen LogP contribution is -2.34. The molecule has 0 spiro atoms. The van der Waals surface area contributed by atoms with Gasteiger partial charge in [0.1, 0.15) is 0 Å². The maximum Gasteiger partial charge on any atom is 0.339 e. The van der Waals surface area contributed by atoms with Crippen molar-refractivity contribution in [3.05, 3.63) is 64.2 Å². The smallest absolute Gasteiger partial charge is 0.339 e. The average molecular weight is 389 g/mol. The molecule has 0 heterocycles. The number of carbonyl (C=O) groups excluding carboxylic acids is 1. The number of hydrogen-bond donors (Lipinski definition) is 2. The van der Waals surface area contributed by atoms with Gasteiger partial charge in [-0.2, -0.15) is 0 Å². The molecule has 2 aromatic carbocycles. The van der Waals surface area contributed by atoms with Crippen molar-refractivity contribution in [3.63, 3.8) is 0 Å². The molecule has 1 atom stereocenters. The van der Waals surface area contributed by atoms with Crippen molar-refractivity contribution in [2.24, 2.45) is 0 Å². The van der Waals surface area contributed by atoms with Crippen LogP contribution in [0, 0.1) is 0 Å². The van der Waals surface area contributed by atoms with Crippen LogP contribution >= 0.6 is 23.8 Å². The minimum atomic E-state index is -0.443. The Kier molecular flexibility index (Phi) is 6.12. The molecule has 0 radical (unpaired) electrons. The molecule has 0 saturated heterocycles. The lowest BCUT2D eigenvalue weighted by Gasteiger charge is -2.27. The summed E-state index contributed by atoms with van der Waals surface area (Å²) in [7, 11) is 0. The van der Waals surface area contributed by atoms with Gasteiger partial charge >= 0.3 is 5.97 Å². The van der Waals surface area contributed by atoms with Crippen molar-refractivity contribution in [2.75, 3.05) is 11.9 Å². The molecule has 2 aromatic rings. The summed E-state index contributed by atoms with van der Waals surface area (Å²) in [6.45, 7) is 2.06. The monoisotopic (exact) mass is 388 g/mol. The number of anilines is 1. The van der Waals surface area contributed by atoms with E-state index in [0.29, 0.717) is 28.0 Å². The quantitative estimate of drug-likeness (QED) is 0.577. The zero-order valence-corrected chi connectivity index (χ0v) is 16.1. The highest BCUT2D eigenvalue weighted by Gasteiger charge is 2.20. The minimum absolute atomic E-state index is 0.191. The first-order valence-corrected chi connectivity index (χ1v) is 9.49. The third-order valence-electron chi connectivity index (χ3n) is 4.39. The van der Waals surface area contributed by atoms with Gasteiger partial charge in [0.15, 0.2) is 5.11 Å². The van der Waals surface area contributed by atoms with E-state index < -0.39 is 5.97 Å². The van der Waals surface area contributed by atoms with Gasteiger partial charge in [-0.25, -0.2) is 4.79 Å². The Labute approximate surface area is 163 Å². The molecule has 0 saturated carbocycles. The number of thiocarbonyl (C=S) groups is 1. The van der Waals surface area contributed by atoms with Gasteiger partial charge in [0.05, 0.1) is 23.2 Å². The van der Waals surface area contributed by atoms with E-state index in [1.54, 1.807) is 25.1 Å². The Morgan fingerprint density at radius 3 is 2.92 bits per heavy atom. The number of aryl methyl sites for hydroxylation is 1. The number of nitrogens with one attached hydrogen (secondary N) is 2. The zero-order valence-electron chi connectivity index (χ0n) is 14.5. The lowest BCUT2D eigenvalue weighted by molar-refractivity contribution is 0.0526. The molecule has 0 aromatic heterocycles. The van der Waals surface area contributed by atoms with Crippen LogP contribution in [0.25, 0.3) is 0 Å². The van der Waals surface area contributed by atoms with Crippen molar-refractivity contribution >= 4 is 40.6 Å². The fraction of sp³-hybridized carbons (Fsp3) is 0.300. The van der Waals surface area contributed by atoms with Crippen LogP contribution < -0.4 is 10.6 Å². The van der Waals surface area contributed by atoms with Gasteiger partial charge in [-0.1, -0.05) is 35.9 Å². The standard InChI is InChI=1S/C20H21ClN2O2S/c1-2-25-19(24)16-12-14(10-11-17(16)21)22-20(26)23-18-9-5-7-13-6-3-4-8-15(13)18/h3-4,6,8,10-12,18H,2,5,7,9H2,1H3,(H2,22,23,26)/t18-/m0/s1. The van der Waals surface area contributed by atoms with Crippen LogP contribution in [0.2, 0.25) is 5.02 Å². The van der Waals surface area contributed by atoms with Crippen molar-refractivity contribution in [3.8, 4) is 0 Å². The number of halogens is 1. The molecule has 136 valence electrons. The number of carbonyl (C=O) groups is 1. The molecule has 0 aliphatic heterocycles. The van der Waals surface area contributed by atoms with E-state index >= 15 is 0 Å². The van der Waals surface area contributed by atoms with Crippen LogP contribution in [0.3, 0.4) is 0 Å². The molecule has 0 amide bonds. The van der Waals surface area contributed by atoms with E-state index in [4.69, 9.17) is 28.6 Å². The van der Waals surface area contributed by atoms with Gasteiger partial charge in [-0.15, -0.1) is 0 Å². The van der Waals surface area contributed by atoms with Crippen LogP contribution in [0.4, 0.5) is 5.69 Å². The van der Waals surface area contributed by atoms with Gasteiger partial charge in [-0.05, 0) is 67.7 Å². The Morgan fingerprint density at radius 1 is 1.31 bits per heavy atom. The molecule has 0 unspecified atom stereocenters. The van der Waals surface area contributed by atoms with Crippen molar-refractivity contribution in [1.29, 1.82) is 0 Å².